The summed E-state index contributed by atoms with van der Waals surface area (Å²) in [5.41, 5.74) is 2.93. The van der Waals surface area contributed by atoms with Crippen molar-refractivity contribution in [2.75, 3.05) is 0 Å². The first-order chi connectivity index (χ1) is 7.83. The van der Waals surface area contributed by atoms with Gasteiger partial charge < -0.3 is 0 Å². The second-order valence-corrected chi connectivity index (χ2v) is 5.84. The third-order valence-corrected chi connectivity index (χ3v) is 3.74. The van der Waals surface area contributed by atoms with E-state index in [1.807, 2.05) is 27.7 Å². The maximum Gasteiger partial charge on any atom is 0.282 e. The third-order valence-electron chi connectivity index (χ3n) is 2.49. The molecule has 0 unspecified atom stereocenters. The molecule has 92 valence electrons. The molecule has 0 aliphatic carbocycles. The fourth-order valence-electron chi connectivity index (χ4n) is 1.05. The molecular weight excluding hydrogens is 234 g/mol. The van der Waals surface area contributed by atoms with Gasteiger partial charge in [0.1, 0.15) is 0 Å². The van der Waals surface area contributed by atoms with Crippen LogP contribution in [0.15, 0.2) is 44.7 Å². The molecule has 0 fully saturated rings. The second-order valence-electron chi connectivity index (χ2n) is 4.21. The molecule has 0 heterocycles. The summed E-state index contributed by atoms with van der Waals surface area (Å²) >= 11 is 0. The van der Waals surface area contributed by atoms with Crippen molar-refractivity contribution in [1.29, 1.82) is 0 Å². The van der Waals surface area contributed by atoms with Crippen molar-refractivity contribution in [2.24, 2.45) is 4.40 Å². The number of hydrogen-bond acceptors (Lipinski definition) is 2. The first-order valence-corrected chi connectivity index (χ1v) is 6.78. The smallest absolute Gasteiger partial charge is 0.199 e. The standard InChI is InChI=1S/C13H17NO2S/c1-10(2)12(4)9-14-17(15,16)13-7-5-11(3)6-8-13/h5-9H,1-4H3/b14-9-. The maximum absolute atomic E-state index is 11.9. The molecule has 0 spiro atoms. The SMILES string of the molecule is CC(C)=C(C)/C=N\S(=O)(=O)c1ccc(C)cc1. The van der Waals surface area contributed by atoms with E-state index in [4.69, 9.17) is 0 Å². The Kier molecular flexibility index (Phi) is 4.23. The molecule has 0 bridgehead atoms. The molecular formula is C13H17NO2S. The van der Waals surface area contributed by atoms with Crippen LogP contribution in [0.2, 0.25) is 0 Å². The highest BCUT2D eigenvalue weighted by Gasteiger charge is 2.10. The van der Waals surface area contributed by atoms with E-state index in [1.165, 1.54) is 6.21 Å². The number of benzene rings is 1. The van der Waals surface area contributed by atoms with Crippen molar-refractivity contribution < 1.29 is 8.42 Å². The molecule has 1 aromatic rings. The predicted octanol–water partition coefficient (Wildman–Crippen LogP) is 3.11. The molecule has 0 atom stereocenters. The van der Waals surface area contributed by atoms with Crippen molar-refractivity contribution in [3.8, 4) is 0 Å². The Bertz CT molecular complexity index is 548. The van der Waals surface area contributed by atoms with E-state index >= 15 is 0 Å². The van der Waals surface area contributed by atoms with Crippen LogP contribution < -0.4 is 0 Å². The minimum atomic E-state index is -3.57. The van der Waals surface area contributed by atoms with Crippen LogP contribution in [0, 0.1) is 6.92 Å². The summed E-state index contributed by atoms with van der Waals surface area (Å²) in [4.78, 5) is 0.223. The lowest BCUT2D eigenvalue weighted by atomic mass is 10.2. The Balaban J connectivity index is 3.06. The van der Waals surface area contributed by atoms with E-state index in [0.717, 1.165) is 16.7 Å². The molecule has 1 aromatic carbocycles. The van der Waals surface area contributed by atoms with Crippen LogP contribution in [0.4, 0.5) is 0 Å². The van der Waals surface area contributed by atoms with Gasteiger partial charge in [0.15, 0.2) is 0 Å². The van der Waals surface area contributed by atoms with Crippen molar-refractivity contribution in [1.82, 2.24) is 0 Å². The molecule has 0 saturated heterocycles. The normalized spacial score (nSPS) is 11.8. The minimum Gasteiger partial charge on any atom is -0.199 e. The molecule has 0 radical (unpaired) electrons. The van der Waals surface area contributed by atoms with Crippen LogP contribution in [0.1, 0.15) is 26.3 Å². The summed E-state index contributed by atoms with van der Waals surface area (Å²) in [5.74, 6) is 0. The zero-order valence-electron chi connectivity index (χ0n) is 10.6. The van der Waals surface area contributed by atoms with Gasteiger partial charge in [-0.05, 0) is 45.4 Å². The fourth-order valence-corrected chi connectivity index (χ4v) is 1.95. The lowest BCUT2D eigenvalue weighted by molar-refractivity contribution is 0.598. The maximum atomic E-state index is 11.9. The van der Waals surface area contributed by atoms with Gasteiger partial charge in [-0.25, -0.2) is 0 Å². The van der Waals surface area contributed by atoms with Crippen LogP contribution in [0.3, 0.4) is 0 Å². The van der Waals surface area contributed by atoms with E-state index in [0.29, 0.717) is 0 Å². The predicted molar refractivity (Wildman–Crippen MR) is 70.9 cm³/mol. The number of allylic oxidation sites excluding steroid dienone is 2. The third kappa shape index (κ3) is 3.82. The number of rotatable bonds is 3. The number of aryl methyl sites for hydroxylation is 1. The zero-order chi connectivity index (χ0) is 13.1. The lowest BCUT2D eigenvalue weighted by Crippen LogP contribution is -1.98. The summed E-state index contributed by atoms with van der Waals surface area (Å²) < 4.78 is 27.4. The van der Waals surface area contributed by atoms with Gasteiger partial charge in [0.05, 0.1) is 4.90 Å². The molecule has 0 N–H and O–H groups in total. The lowest BCUT2D eigenvalue weighted by Gasteiger charge is -2.00. The topological polar surface area (TPSA) is 46.5 Å². The fraction of sp³-hybridized carbons (Fsp3) is 0.308. The monoisotopic (exact) mass is 251 g/mol. The molecule has 0 amide bonds. The van der Waals surface area contributed by atoms with Crippen LogP contribution in [0.5, 0.6) is 0 Å². The zero-order valence-corrected chi connectivity index (χ0v) is 11.4. The molecule has 1 rings (SSSR count). The van der Waals surface area contributed by atoms with Gasteiger partial charge in [0.2, 0.25) is 0 Å². The molecule has 4 heteroatoms. The molecule has 3 nitrogen and oxygen atoms in total. The van der Waals surface area contributed by atoms with E-state index in [1.54, 1.807) is 24.3 Å². The summed E-state index contributed by atoms with van der Waals surface area (Å²) in [6.45, 7) is 7.58. The van der Waals surface area contributed by atoms with E-state index in [-0.39, 0.29) is 4.90 Å². The Morgan fingerprint density at radius 2 is 1.65 bits per heavy atom. The number of nitrogens with zero attached hydrogens (tertiary/aromatic N) is 1. The highest BCUT2D eigenvalue weighted by molar-refractivity contribution is 7.90. The average molecular weight is 251 g/mol. The van der Waals surface area contributed by atoms with Crippen molar-refractivity contribution in [3.05, 3.63) is 41.0 Å². The van der Waals surface area contributed by atoms with Gasteiger partial charge in [-0.15, -0.1) is 0 Å². The first-order valence-electron chi connectivity index (χ1n) is 5.34. The molecule has 0 aliphatic rings. The Labute approximate surface area is 103 Å². The van der Waals surface area contributed by atoms with Crippen molar-refractivity contribution in [3.63, 3.8) is 0 Å². The highest BCUT2D eigenvalue weighted by atomic mass is 32.2. The van der Waals surface area contributed by atoms with Crippen LogP contribution in [-0.4, -0.2) is 14.6 Å². The number of sulfonamides is 1. The van der Waals surface area contributed by atoms with Gasteiger partial charge in [0.25, 0.3) is 10.0 Å². The van der Waals surface area contributed by atoms with Gasteiger partial charge in [-0.2, -0.15) is 12.8 Å². The van der Waals surface area contributed by atoms with Gasteiger partial charge >= 0.3 is 0 Å². The molecule has 17 heavy (non-hydrogen) atoms. The Morgan fingerprint density at radius 1 is 1.12 bits per heavy atom. The number of hydrogen-bond donors (Lipinski definition) is 0. The van der Waals surface area contributed by atoms with Gasteiger partial charge in [-0.3, -0.25) is 0 Å². The second kappa shape index (κ2) is 5.27. The Morgan fingerprint density at radius 3 is 2.12 bits per heavy atom. The Hall–Kier alpha value is -1.42. The quantitative estimate of drug-likeness (QED) is 0.775. The molecule has 0 saturated carbocycles. The van der Waals surface area contributed by atoms with Gasteiger partial charge in [0, 0.05) is 6.21 Å². The first kappa shape index (κ1) is 13.6. The largest absolute Gasteiger partial charge is 0.282 e. The van der Waals surface area contributed by atoms with Crippen molar-refractivity contribution in [2.45, 2.75) is 32.6 Å². The van der Waals surface area contributed by atoms with Crippen LogP contribution in [0.25, 0.3) is 0 Å². The highest BCUT2D eigenvalue weighted by Crippen LogP contribution is 2.13. The minimum absolute atomic E-state index is 0.223. The summed E-state index contributed by atoms with van der Waals surface area (Å²) in [6, 6.07) is 6.66. The van der Waals surface area contributed by atoms with E-state index < -0.39 is 10.0 Å². The van der Waals surface area contributed by atoms with E-state index in [9.17, 15) is 8.42 Å². The van der Waals surface area contributed by atoms with Crippen LogP contribution >= 0.6 is 0 Å². The molecule has 0 aromatic heterocycles. The van der Waals surface area contributed by atoms with Crippen molar-refractivity contribution >= 4 is 16.2 Å². The summed E-state index contributed by atoms with van der Waals surface area (Å²) in [7, 11) is -3.57. The summed E-state index contributed by atoms with van der Waals surface area (Å²) in [5, 5.41) is 0. The average Bonchev–Trinajstić information content (AvgIpc) is 2.26. The van der Waals surface area contributed by atoms with Gasteiger partial charge in [-0.1, -0.05) is 23.3 Å². The van der Waals surface area contributed by atoms with Crippen LogP contribution in [-0.2, 0) is 10.0 Å². The summed E-state index contributed by atoms with van der Waals surface area (Å²) in [6.07, 6.45) is 1.39. The molecule has 0 aliphatic heterocycles. The van der Waals surface area contributed by atoms with E-state index in [2.05, 4.69) is 4.40 Å².